The predicted octanol–water partition coefficient (Wildman–Crippen LogP) is 1.94. The lowest BCUT2D eigenvalue weighted by molar-refractivity contribution is -0.143. The van der Waals surface area contributed by atoms with Crippen LogP contribution in [0.3, 0.4) is 0 Å². The highest BCUT2D eigenvalue weighted by Gasteiger charge is 2.26. The van der Waals surface area contributed by atoms with Crippen LogP contribution in [0.25, 0.3) is 0 Å². The molecule has 1 heterocycles. The second kappa shape index (κ2) is 6.23. The maximum absolute atomic E-state index is 11.9. The molecule has 2 rings (SSSR count). The Hall–Kier alpha value is -2.28. The van der Waals surface area contributed by atoms with Crippen LogP contribution in [0.1, 0.15) is 32.4 Å². The summed E-state index contributed by atoms with van der Waals surface area (Å²) < 4.78 is 20.3. The van der Waals surface area contributed by atoms with Crippen molar-refractivity contribution in [3.05, 3.63) is 23.8 Å². The molecule has 1 aromatic rings. The first-order valence-corrected chi connectivity index (χ1v) is 6.86. The molecular weight excluding hydrogens is 290 g/mol. The first-order valence-electron chi connectivity index (χ1n) is 6.86. The van der Waals surface area contributed by atoms with Crippen molar-refractivity contribution < 1.29 is 28.5 Å². The van der Waals surface area contributed by atoms with Gasteiger partial charge in [-0.3, -0.25) is 0 Å². The van der Waals surface area contributed by atoms with E-state index in [9.17, 15) is 9.59 Å². The molecule has 120 valence electrons. The van der Waals surface area contributed by atoms with E-state index >= 15 is 0 Å². The SMILES string of the molecule is CC(C)(C)OC(=O)OC(=O)[C@H](N)c1ccc2c(c1)OCCO2. The summed E-state index contributed by atoms with van der Waals surface area (Å²) in [6.45, 7) is 5.89. The summed E-state index contributed by atoms with van der Waals surface area (Å²) in [6, 6.07) is 3.75. The number of nitrogens with two attached hydrogens (primary N) is 1. The van der Waals surface area contributed by atoms with E-state index in [-0.39, 0.29) is 0 Å². The van der Waals surface area contributed by atoms with Gasteiger partial charge in [0.05, 0.1) is 0 Å². The van der Waals surface area contributed by atoms with Gasteiger partial charge in [-0.2, -0.15) is 0 Å². The molecule has 1 aliphatic rings. The molecule has 7 nitrogen and oxygen atoms in total. The van der Waals surface area contributed by atoms with Gasteiger partial charge in [-0.25, -0.2) is 9.59 Å². The lowest BCUT2D eigenvalue weighted by atomic mass is 10.1. The fourth-order valence-corrected chi connectivity index (χ4v) is 1.81. The minimum atomic E-state index is -1.12. The van der Waals surface area contributed by atoms with Gasteiger partial charge in [0.25, 0.3) is 0 Å². The largest absolute Gasteiger partial charge is 0.516 e. The number of esters is 1. The van der Waals surface area contributed by atoms with Gasteiger partial charge in [0.2, 0.25) is 0 Å². The second-order valence-electron chi connectivity index (χ2n) is 5.77. The minimum absolute atomic E-state index is 0.425. The first kappa shape index (κ1) is 16.1. The zero-order valence-corrected chi connectivity index (χ0v) is 12.8. The average molecular weight is 309 g/mol. The molecule has 0 aromatic heterocycles. The molecule has 0 amide bonds. The van der Waals surface area contributed by atoms with Gasteiger partial charge in [-0.05, 0) is 38.5 Å². The number of hydrogen-bond acceptors (Lipinski definition) is 7. The van der Waals surface area contributed by atoms with Crippen LogP contribution in [0.2, 0.25) is 0 Å². The Morgan fingerprint density at radius 2 is 1.82 bits per heavy atom. The van der Waals surface area contributed by atoms with E-state index in [0.717, 1.165) is 0 Å². The molecule has 7 heteroatoms. The third kappa shape index (κ3) is 4.11. The van der Waals surface area contributed by atoms with Crippen molar-refractivity contribution in [1.82, 2.24) is 0 Å². The number of fused-ring (bicyclic) bond motifs is 1. The molecule has 0 saturated carbocycles. The third-order valence-corrected chi connectivity index (χ3v) is 2.75. The normalized spacial score (nSPS) is 14.9. The quantitative estimate of drug-likeness (QED) is 0.658. The number of benzene rings is 1. The lowest BCUT2D eigenvalue weighted by Crippen LogP contribution is -2.30. The molecule has 0 saturated heterocycles. The fourth-order valence-electron chi connectivity index (χ4n) is 1.81. The van der Waals surface area contributed by atoms with Crippen LogP contribution in [-0.4, -0.2) is 30.9 Å². The highest BCUT2D eigenvalue weighted by atomic mass is 16.7. The van der Waals surface area contributed by atoms with Crippen molar-refractivity contribution >= 4 is 12.1 Å². The zero-order valence-electron chi connectivity index (χ0n) is 12.8. The van der Waals surface area contributed by atoms with Crippen LogP contribution in [0.4, 0.5) is 4.79 Å². The summed E-state index contributed by atoms with van der Waals surface area (Å²) >= 11 is 0. The van der Waals surface area contributed by atoms with Crippen LogP contribution < -0.4 is 15.2 Å². The smallest absolute Gasteiger partial charge is 0.486 e. The minimum Gasteiger partial charge on any atom is -0.486 e. The number of ether oxygens (including phenoxy) is 4. The molecule has 0 radical (unpaired) electrons. The van der Waals surface area contributed by atoms with Gasteiger partial charge in [0, 0.05) is 0 Å². The third-order valence-electron chi connectivity index (χ3n) is 2.75. The summed E-state index contributed by atoms with van der Waals surface area (Å²) in [5.41, 5.74) is 5.51. The van der Waals surface area contributed by atoms with Gasteiger partial charge in [-0.1, -0.05) is 6.07 Å². The number of carbonyl (C=O) groups excluding carboxylic acids is 2. The summed E-state index contributed by atoms with van der Waals surface area (Å²) in [5.74, 6) is 0.193. The molecule has 0 bridgehead atoms. The molecule has 2 N–H and O–H groups in total. The number of carbonyl (C=O) groups is 2. The standard InChI is InChI=1S/C15H19NO6/c1-15(2,3)22-14(18)21-13(17)12(16)9-4-5-10-11(8-9)20-7-6-19-10/h4-5,8,12H,6-7,16H2,1-3H3/t12-/m1/s1. The van der Waals surface area contributed by atoms with Crippen molar-refractivity contribution in [2.75, 3.05) is 13.2 Å². The Morgan fingerprint density at radius 3 is 2.45 bits per heavy atom. The van der Waals surface area contributed by atoms with Crippen molar-refractivity contribution in [3.63, 3.8) is 0 Å². The van der Waals surface area contributed by atoms with Crippen LogP contribution in [0.5, 0.6) is 11.5 Å². The van der Waals surface area contributed by atoms with Crippen LogP contribution in [-0.2, 0) is 14.3 Å². The van der Waals surface area contributed by atoms with Crippen LogP contribution >= 0.6 is 0 Å². The molecule has 1 aromatic carbocycles. The average Bonchev–Trinajstić information content (AvgIpc) is 2.43. The maximum Gasteiger partial charge on any atom is 0.516 e. The predicted molar refractivity (Wildman–Crippen MR) is 76.7 cm³/mol. The van der Waals surface area contributed by atoms with Gasteiger partial charge in [-0.15, -0.1) is 0 Å². The van der Waals surface area contributed by atoms with E-state index in [0.29, 0.717) is 30.3 Å². The summed E-state index contributed by atoms with van der Waals surface area (Å²) in [5, 5.41) is 0. The molecule has 0 spiro atoms. The van der Waals surface area contributed by atoms with Gasteiger partial charge in [0.15, 0.2) is 11.5 Å². The Bertz CT molecular complexity index is 578. The van der Waals surface area contributed by atoms with Crippen LogP contribution in [0, 0.1) is 0 Å². The summed E-state index contributed by atoms with van der Waals surface area (Å²) in [7, 11) is 0. The Morgan fingerprint density at radius 1 is 1.18 bits per heavy atom. The zero-order chi connectivity index (χ0) is 16.3. The van der Waals surface area contributed by atoms with E-state index in [1.54, 1.807) is 39.0 Å². The summed E-state index contributed by atoms with van der Waals surface area (Å²) in [6.07, 6.45) is -1.08. The monoisotopic (exact) mass is 309 g/mol. The Kier molecular flexibility index (Phi) is 4.56. The highest BCUT2D eigenvalue weighted by Crippen LogP contribution is 2.32. The molecule has 0 aliphatic carbocycles. The fraction of sp³-hybridized carbons (Fsp3) is 0.467. The first-order chi connectivity index (χ1) is 10.3. The van der Waals surface area contributed by atoms with Crippen molar-refractivity contribution in [1.29, 1.82) is 0 Å². The topological polar surface area (TPSA) is 97.1 Å². The van der Waals surface area contributed by atoms with Crippen LogP contribution in [0.15, 0.2) is 18.2 Å². The molecule has 0 unspecified atom stereocenters. The van der Waals surface area contributed by atoms with Crippen molar-refractivity contribution in [2.45, 2.75) is 32.4 Å². The lowest BCUT2D eigenvalue weighted by Gasteiger charge is -2.21. The molecule has 22 heavy (non-hydrogen) atoms. The van der Waals surface area contributed by atoms with Gasteiger partial charge in [0.1, 0.15) is 24.9 Å². The van der Waals surface area contributed by atoms with Crippen molar-refractivity contribution in [2.24, 2.45) is 5.73 Å². The summed E-state index contributed by atoms with van der Waals surface area (Å²) in [4.78, 5) is 23.4. The van der Waals surface area contributed by atoms with Gasteiger partial charge < -0.3 is 24.7 Å². The maximum atomic E-state index is 11.9. The van der Waals surface area contributed by atoms with E-state index < -0.39 is 23.8 Å². The number of hydrogen-bond donors (Lipinski definition) is 1. The van der Waals surface area contributed by atoms with E-state index in [2.05, 4.69) is 4.74 Å². The molecule has 1 aliphatic heterocycles. The molecule has 1 atom stereocenters. The van der Waals surface area contributed by atoms with Crippen molar-refractivity contribution in [3.8, 4) is 11.5 Å². The molecule has 0 fully saturated rings. The highest BCUT2D eigenvalue weighted by molar-refractivity contribution is 5.86. The Labute approximate surface area is 128 Å². The number of rotatable bonds is 2. The Balaban J connectivity index is 2.03. The molecular formula is C15H19NO6. The second-order valence-corrected chi connectivity index (χ2v) is 5.77. The van der Waals surface area contributed by atoms with Gasteiger partial charge >= 0.3 is 12.1 Å². The van der Waals surface area contributed by atoms with E-state index in [1.165, 1.54) is 0 Å². The van der Waals surface area contributed by atoms with E-state index in [4.69, 9.17) is 19.9 Å². The van der Waals surface area contributed by atoms with E-state index in [1.807, 2.05) is 0 Å².